The van der Waals surface area contributed by atoms with Crippen LogP contribution in [0.2, 0.25) is 0 Å². The Kier molecular flexibility index (Phi) is 2.72. The molecule has 0 unspecified atom stereocenters. The molecule has 0 radical (unpaired) electrons. The summed E-state index contributed by atoms with van der Waals surface area (Å²) in [7, 11) is 0. The van der Waals surface area contributed by atoms with Gasteiger partial charge in [0.05, 0.1) is 6.04 Å². The Morgan fingerprint density at radius 3 is 2.64 bits per heavy atom. The maximum atomic E-state index is 12.8. The first-order valence-corrected chi connectivity index (χ1v) is 5.33. The van der Waals surface area contributed by atoms with Crippen LogP contribution < -0.4 is 10.6 Å². The molecule has 2 aliphatic rings. The summed E-state index contributed by atoms with van der Waals surface area (Å²) in [5.74, 6) is 0.702. The van der Waals surface area contributed by atoms with E-state index in [0.717, 1.165) is 18.8 Å². The van der Waals surface area contributed by atoms with E-state index in [0.29, 0.717) is 19.0 Å². The van der Waals surface area contributed by atoms with Crippen LogP contribution in [0.15, 0.2) is 0 Å². The summed E-state index contributed by atoms with van der Waals surface area (Å²) in [6.07, 6.45) is 1.61. The number of alkyl halides is 1. The monoisotopic (exact) mass is 200 g/mol. The fraction of sp³-hybridized carbons (Fsp3) is 0.900. The van der Waals surface area contributed by atoms with E-state index >= 15 is 0 Å². The van der Waals surface area contributed by atoms with Crippen LogP contribution >= 0.6 is 0 Å². The molecule has 1 heterocycles. The van der Waals surface area contributed by atoms with Gasteiger partial charge in [-0.05, 0) is 18.8 Å². The van der Waals surface area contributed by atoms with E-state index < -0.39 is 6.17 Å². The Morgan fingerprint density at radius 2 is 2.14 bits per heavy atom. The number of carbonyl (C=O) groups excluding carboxylic acids is 1. The van der Waals surface area contributed by atoms with Crippen LogP contribution in [-0.2, 0) is 4.79 Å². The van der Waals surface area contributed by atoms with E-state index in [4.69, 9.17) is 0 Å². The number of hydrogen-bond donors (Lipinski definition) is 2. The summed E-state index contributed by atoms with van der Waals surface area (Å²) in [5.41, 5.74) is 0. The molecule has 0 aromatic heterocycles. The SMILES string of the molecule is CC1CC(NC(=O)[C@@H]2C[C@@H](F)CN2)C1. The largest absolute Gasteiger partial charge is 0.352 e. The molecule has 0 aromatic rings. The van der Waals surface area contributed by atoms with Crippen LogP contribution in [-0.4, -0.2) is 30.7 Å². The second-order valence-electron chi connectivity index (χ2n) is 4.58. The van der Waals surface area contributed by atoms with Gasteiger partial charge in [0.2, 0.25) is 5.91 Å². The Bertz CT molecular complexity index is 228. The van der Waals surface area contributed by atoms with Gasteiger partial charge in [0.15, 0.2) is 0 Å². The Morgan fingerprint density at radius 1 is 1.43 bits per heavy atom. The first kappa shape index (κ1) is 9.90. The molecule has 2 rings (SSSR count). The van der Waals surface area contributed by atoms with Crippen molar-refractivity contribution >= 4 is 5.91 Å². The number of carbonyl (C=O) groups is 1. The molecular formula is C10H17FN2O. The van der Waals surface area contributed by atoms with Gasteiger partial charge < -0.3 is 10.6 Å². The highest BCUT2D eigenvalue weighted by Crippen LogP contribution is 2.26. The second-order valence-corrected chi connectivity index (χ2v) is 4.58. The molecule has 14 heavy (non-hydrogen) atoms. The quantitative estimate of drug-likeness (QED) is 0.685. The molecular weight excluding hydrogens is 183 g/mol. The molecule has 1 saturated carbocycles. The number of nitrogens with one attached hydrogen (secondary N) is 2. The zero-order chi connectivity index (χ0) is 10.1. The summed E-state index contributed by atoms with van der Waals surface area (Å²) >= 11 is 0. The highest BCUT2D eigenvalue weighted by atomic mass is 19.1. The average Bonchev–Trinajstić information content (AvgIpc) is 2.49. The minimum atomic E-state index is -0.855. The van der Waals surface area contributed by atoms with Crippen molar-refractivity contribution in [1.29, 1.82) is 0 Å². The molecule has 2 atom stereocenters. The third-order valence-corrected chi connectivity index (χ3v) is 3.11. The molecule has 0 aromatic carbocycles. The lowest BCUT2D eigenvalue weighted by Crippen LogP contribution is -2.49. The van der Waals surface area contributed by atoms with Gasteiger partial charge in [-0.15, -0.1) is 0 Å². The van der Waals surface area contributed by atoms with Crippen LogP contribution in [0.5, 0.6) is 0 Å². The highest BCUT2D eigenvalue weighted by Gasteiger charge is 2.33. The lowest BCUT2D eigenvalue weighted by Gasteiger charge is -2.33. The Labute approximate surface area is 83.4 Å². The predicted molar refractivity (Wildman–Crippen MR) is 51.6 cm³/mol. The second kappa shape index (κ2) is 3.85. The van der Waals surface area contributed by atoms with E-state index in [1.54, 1.807) is 0 Å². The van der Waals surface area contributed by atoms with Crippen LogP contribution in [0.1, 0.15) is 26.2 Å². The minimum absolute atomic E-state index is 0.0259. The standard InChI is InChI=1S/C10H17FN2O/c1-6-2-8(3-6)13-10(14)9-4-7(11)5-12-9/h6-9,12H,2-5H2,1H3,(H,13,14)/t6?,7-,8?,9+/m1/s1. The van der Waals surface area contributed by atoms with Gasteiger partial charge in [0.25, 0.3) is 0 Å². The number of hydrogen-bond acceptors (Lipinski definition) is 2. The van der Waals surface area contributed by atoms with Gasteiger partial charge in [-0.1, -0.05) is 6.92 Å². The summed E-state index contributed by atoms with van der Waals surface area (Å²) in [5, 5.41) is 5.83. The average molecular weight is 200 g/mol. The molecule has 2 fully saturated rings. The van der Waals surface area contributed by atoms with Crippen LogP contribution in [0, 0.1) is 5.92 Å². The molecule has 1 aliphatic carbocycles. The summed E-state index contributed by atoms with van der Waals surface area (Å²) in [6, 6.07) is 0.0267. The molecule has 80 valence electrons. The van der Waals surface area contributed by atoms with Crippen molar-refractivity contribution in [3.8, 4) is 0 Å². The van der Waals surface area contributed by atoms with Crippen molar-refractivity contribution < 1.29 is 9.18 Å². The molecule has 0 spiro atoms. The third kappa shape index (κ3) is 2.05. The van der Waals surface area contributed by atoms with Gasteiger partial charge in [-0.25, -0.2) is 4.39 Å². The van der Waals surface area contributed by atoms with Crippen LogP contribution in [0.25, 0.3) is 0 Å². The summed E-state index contributed by atoms with van der Waals surface area (Å²) in [6.45, 7) is 2.49. The van der Waals surface area contributed by atoms with Crippen LogP contribution in [0.3, 0.4) is 0 Å². The van der Waals surface area contributed by atoms with E-state index in [2.05, 4.69) is 17.6 Å². The maximum absolute atomic E-state index is 12.8. The minimum Gasteiger partial charge on any atom is -0.352 e. The van der Waals surface area contributed by atoms with Gasteiger partial charge in [-0.3, -0.25) is 4.79 Å². The van der Waals surface area contributed by atoms with Gasteiger partial charge >= 0.3 is 0 Å². The molecule has 1 saturated heterocycles. The van der Waals surface area contributed by atoms with Gasteiger partial charge in [0, 0.05) is 19.0 Å². The van der Waals surface area contributed by atoms with E-state index in [9.17, 15) is 9.18 Å². The van der Waals surface area contributed by atoms with Crippen molar-refractivity contribution in [3.05, 3.63) is 0 Å². The first-order chi connectivity index (χ1) is 6.65. The van der Waals surface area contributed by atoms with Crippen molar-refractivity contribution in [1.82, 2.24) is 10.6 Å². The van der Waals surface area contributed by atoms with Crippen LogP contribution in [0.4, 0.5) is 4.39 Å². The van der Waals surface area contributed by atoms with E-state index in [1.165, 1.54) is 0 Å². The molecule has 0 bridgehead atoms. The lowest BCUT2D eigenvalue weighted by molar-refractivity contribution is -0.124. The van der Waals surface area contributed by atoms with Crippen molar-refractivity contribution in [2.45, 2.75) is 44.4 Å². The fourth-order valence-electron chi connectivity index (χ4n) is 2.21. The zero-order valence-electron chi connectivity index (χ0n) is 8.42. The Balaban J connectivity index is 1.73. The van der Waals surface area contributed by atoms with Gasteiger partial charge in [-0.2, -0.15) is 0 Å². The predicted octanol–water partition coefficient (Wildman–Crippen LogP) is 0.601. The number of amides is 1. The van der Waals surface area contributed by atoms with Crippen molar-refractivity contribution in [2.24, 2.45) is 5.92 Å². The smallest absolute Gasteiger partial charge is 0.237 e. The Hall–Kier alpha value is -0.640. The topological polar surface area (TPSA) is 41.1 Å². The van der Waals surface area contributed by atoms with E-state index in [-0.39, 0.29) is 11.9 Å². The maximum Gasteiger partial charge on any atom is 0.237 e. The highest BCUT2D eigenvalue weighted by molar-refractivity contribution is 5.82. The number of halogens is 1. The molecule has 4 heteroatoms. The molecule has 3 nitrogen and oxygen atoms in total. The summed E-state index contributed by atoms with van der Waals surface area (Å²) < 4.78 is 12.8. The normalized spacial score (nSPS) is 41.9. The first-order valence-electron chi connectivity index (χ1n) is 5.33. The van der Waals surface area contributed by atoms with Gasteiger partial charge in [0.1, 0.15) is 6.17 Å². The number of rotatable bonds is 2. The molecule has 2 N–H and O–H groups in total. The molecule has 1 amide bonds. The van der Waals surface area contributed by atoms with Crippen molar-refractivity contribution in [3.63, 3.8) is 0 Å². The summed E-state index contributed by atoms with van der Waals surface area (Å²) in [4.78, 5) is 11.6. The van der Waals surface area contributed by atoms with E-state index in [1.807, 2.05) is 0 Å². The lowest BCUT2D eigenvalue weighted by atomic mass is 9.82. The third-order valence-electron chi connectivity index (χ3n) is 3.11. The van der Waals surface area contributed by atoms with Crippen molar-refractivity contribution in [2.75, 3.05) is 6.54 Å². The fourth-order valence-corrected chi connectivity index (χ4v) is 2.21. The zero-order valence-corrected chi connectivity index (χ0v) is 8.42. The molecule has 1 aliphatic heterocycles.